The highest BCUT2D eigenvalue weighted by atomic mass is 32.2. The lowest BCUT2D eigenvalue weighted by Crippen LogP contribution is -2.39. The van der Waals surface area contributed by atoms with Crippen LogP contribution in [-0.4, -0.2) is 44.5 Å². The van der Waals surface area contributed by atoms with Gasteiger partial charge in [0.15, 0.2) is 0 Å². The number of sulfonamides is 1. The standard InChI is InChI=1S/C13H27N3O4S/c1-13(2,3)20-12(17)16-11-6-5-10(9-11)15-7-4-8-21(14,18)19/h10-11,15H,4-9H2,1-3H3,(H,16,17)(H2,14,18,19). The molecule has 1 saturated carbocycles. The van der Waals surface area contributed by atoms with Crippen molar-refractivity contribution in [3.63, 3.8) is 0 Å². The van der Waals surface area contributed by atoms with Crippen LogP contribution in [0.25, 0.3) is 0 Å². The van der Waals surface area contributed by atoms with Gasteiger partial charge in [0, 0.05) is 12.1 Å². The third-order valence-electron chi connectivity index (χ3n) is 3.19. The van der Waals surface area contributed by atoms with Gasteiger partial charge in [0.2, 0.25) is 10.0 Å². The van der Waals surface area contributed by atoms with Gasteiger partial charge in [-0.1, -0.05) is 0 Å². The third kappa shape index (κ3) is 8.90. The summed E-state index contributed by atoms with van der Waals surface area (Å²) < 4.78 is 26.8. The molecule has 0 aromatic rings. The van der Waals surface area contributed by atoms with Gasteiger partial charge in [-0.25, -0.2) is 18.4 Å². The molecule has 124 valence electrons. The molecule has 0 aromatic heterocycles. The van der Waals surface area contributed by atoms with Crippen LogP contribution in [0.3, 0.4) is 0 Å². The largest absolute Gasteiger partial charge is 0.444 e. The van der Waals surface area contributed by atoms with Crippen molar-refractivity contribution in [1.29, 1.82) is 0 Å². The van der Waals surface area contributed by atoms with Crippen LogP contribution in [0.15, 0.2) is 0 Å². The summed E-state index contributed by atoms with van der Waals surface area (Å²) in [6.45, 7) is 6.10. The first-order chi connectivity index (χ1) is 9.55. The second kappa shape index (κ2) is 7.42. The number of alkyl carbamates (subject to hydrolysis) is 1. The number of nitrogens with two attached hydrogens (primary N) is 1. The molecule has 0 saturated heterocycles. The van der Waals surface area contributed by atoms with Gasteiger partial charge in [-0.3, -0.25) is 0 Å². The minimum Gasteiger partial charge on any atom is -0.444 e. The number of rotatable bonds is 6. The molecule has 1 aliphatic carbocycles. The average molecular weight is 321 g/mol. The van der Waals surface area contributed by atoms with Crippen LogP contribution in [0.2, 0.25) is 0 Å². The van der Waals surface area contributed by atoms with E-state index in [1.54, 1.807) is 0 Å². The fraction of sp³-hybridized carbons (Fsp3) is 0.923. The zero-order valence-electron chi connectivity index (χ0n) is 13.0. The van der Waals surface area contributed by atoms with Gasteiger partial charge in [-0.2, -0.15) is 0 Å². The van der Waals surface area contributed by atoms with Crippen molar-refractivity contribution < 1.29 is 17.9 Å². The lowest BCUT2D eigenvalue weighted by Gasteiger charge is -2.21. The number of amides is 1. The predicted octanol–water partition coefficient (Wildman–Crippen LogP) is 0.700. The highest BCUT2D eigenvalue weighted by Gasteiger charge is 2.27. The Bertz CT molecular complexity index is 445. The van der Waals surface area contributed by atoms with E-state index >= 15 is 0 Å². The maximum Gasteiger partial charge on any atom is 0.407 e. The summed E-state index contributed by atoms with van der Waals surface area (Å²) in [5.41, 5.74) is -0.492. The van der Waals surface area contributed by atoms with Crippen molar-refractivity contribution in [3.05, 3.63) is 0 Å². The number of hydrogen-bond donors (Lipinski definition) is 3. The monoisotopic (exact) mass is 321 g/mol. The predicted molar refractivity (Wildman–Crippen MR) is 81.4 cm³/mol. The molecular formula is C13H27N3O4S. The first-order valence-electron chi connectivity index (χ1n) is 7.28. The maximum absolute atomic E-state index is 11.7. The van der Waals surface area contributed by atoms with Gasteiger partial charge in [-0.05, 0) is 53.0 Å². The summed E-state index contributed by atoms with van der Waals surface area (Å²) >= 11 is 0. The Kier molecular flexibility index (Phi) is 6.42. The molecule has 1 fully saturated rings. The lowest BCUT2D eigenvalue weighted by molar-refractivity contribution is 0.0505. The average Bonchev–Trinajstić information content (AvgIpc) is 2.68. The fourth-order valence-corrected chi connectivity index (χ4v) is 2.90. The molecule has 2 atom stereocenters. The highest BCUT2D eigenvalue weighted by molar-refractivity contribution is 7.89. The topological polar surface area (TPSA) is 111 Å². The van der Waals surface area contributed by atoms with Gasteiger partial charge in [0.05, 0.1) is 5.75 Å². The smallest absolute Gasteiger partial charge is 0.407 e. The number of carbonyl (C=O) groups excluding carboxylic acids is 1. The van der Waals surface area contributed by atoms with E-state index in [0.29, 0.717) is 19.0 Å². The highest BCUT2D eigenvalue weighted by Crippen LogP contribution is 2.19. The van der Waals surface area contributed by atoms with Gasteiger partial charge >= 0.3 is 6.09 Å². The van der Waals surface area contributed by atoms with Crippen LogP contribution in [0, 0.1) is 0 Å². The Balaban J connectivity index is 2.19. The van der Waals surface area contributed by atoms with Crippen LogP contribution in [-0.2, 0) is 14.8 Å². The summed E-state index contributed by atoms with van der Waals surface area (Å²) in [6, 6.07) is 0.404. The van der Waals surface area contributed by atoms with E-state index in [1.165, 1.54) is 0 Å². The zero-order valence-corrected chi connectivity index (χ0v) is 13.8. The molecule has 0 spiro atoms. The van der Waals surface area contributed by atoms with E-state index in [2.05, 4.69) is 10.6 Å². The fourth-order valence-electron chi connectivity index (χ4n) is 2.35. The molecule has 4 N–H and O–H groups in total. The first-order valence-corrected chi connectivity index (χ1v) is 9.00. The van der Waals surface area contributed by atoms with Crippen LogP contribution < -0.4 is 15.8 Å². The van der Waals surface area contributed by atoms with Crippen molar-refractivity contribution in [2.45, 2.75) is 64.1 Å². The first kappa shape index (κ1) is 18.2. The van der Waals surface area contributed by atoms with Gasteiger partial charge < -0.3 is 15.4 Å². The third-order valence-corrected chi connectivity index (χ3v) is 4.05. The summed E-state index contributed by atoms with van der Waals surface area (Å²) in [6.07, 6.45) is 2.79. The molecule has 0 heterocycles. The molecule has 1 aliphatic rings. The Morgan fingerprint density at radius 3 is 2.48 bits per heavy atom. The van der Waals surface area contributed by atoms with Gasteiger partial charge in [-0.15, -0.1) is 0 Å². The van der Waals surface area contributed by atoms with Crippen molar-refractivity contribution in [1.82, 2.24) is 10.6 Å². The van der Waals surface area contributed by atoms with Crippen LogP contribution >= 0.6 is 0 Å². The Hall–Kier alpha value is -0.860. The van der Waals surface area contributed by atoms with E-state index in [1.807, 2.05) is 20.8 Å². The Labute approximate surface area is 127 Å². The van der Waals surface area contributed by atoms with Crippen LogP contribution in [0.5, 0.6) is 0 Å². The summed E-state index contributed by atoms with van der Waals surface area (Å²) in [5, 5.41) is 11.1. The Morgan fingerprint density at radius 2 is 1.90 bits per heavy atom. The van der Waals surface area contributed by atoms with Crippen LogP contribution in [0.4, 0.5) is 4.79 Å². The zero-order chi connectivity index (χ0) is 16.1. The molecule has 1 rings (SSSR count). The number of hydrogen-bond acceptors (Lipinski definition) is 5. The van der Waals surface area contributed by atoms with E-state index < -0.39 is 15.6 Å². The molecule has 0 bridgehead atoms. The van der Waals surface area contributed by atoms with Crippen molar-refractivity contribution in [2.24, 2.45) is 5.14 Å². The lowest BCUT2D eigenvalue weighted by atomic mass is 10.2. The van der Waals surface area contributed by atoms with Crippen molar-refractivity contribution >= 4 is 16.1 Å². The van der Waals surface area contributed by atoms with Crippen molar-refractivity contribution in [2.75, 3.05) is 12.3 Å². The van der Waals surface area contributed by atoms with E-state index in [9.17, 15) is 13.2 Å². The van der Waals surface area contributed by atoms with Gasteiger partial charge in [0.25, 0.3) is 0 Å². The normalized spacial score (nSPS) is 23.0. The number of carbonyl (C=O) groups is 1. The number of nitrogens with one attached hydrogen (secondary N) is 2. The van der Waals surface area contributed by atoms with Gasteiger partial charge in [0.1, 0.15) is 5.60 Å². The summed E-state index contributed by atoms with van der Waals surface area (Å²) in [5.74, 6) is -0.00763. The van der Waals surface area contributed by atoms with Crippen LogP contribution in [0.1, 0.15) is 46.5 Å². The molecule has 0 radical (unpaired) electrons. The second-order valence-corrected chi connectivity index (χ2v) is 8.26. The molecule has 1 amide bonds. The molecule has 7 nitrogen and oxygen atoms in total. The second-order valence-electron chi connectivity index (χ2n) is 6.53. The molecular weight excluding hydrogens is 294 g/mol. The minimum atomic E-state index is -3.38. The molecule has 21 heavy (non-hydrogen) atoms. The molecule has 0 aliphatic heterocycles. The molecule has 0 aromatic carbocycles. The number of ether oxygens (including phenoxy) is 1. The van der Waals surface area contributed by atoms with E-state index in [4.69, 9.17) is 9.88 Å². The van der Waals surface area contributed by atoms with E-state index in [-0.39, 0.29) is 17.9 Å². The summed E-state index contributed by atoms with van der Waals surface area (Å²) in [4.78, 5) is 11.7. The SMILES string of the molecule is CC(C)(C)OC(=O)NC1CCC(NCCCS(N)(=O)=O)C1. The molecule has 8 heteroatoms. The molecule has 2 unspecified atom stereocenters. The maximum atomic E-state index is 11.7. The van der Waals surface area contributed by atoms with Crippen molar-refractivity contribution in [3.8, 4) is 0 Å². The number of primary sulfonamides is 1. The summed E-state index contributed by atoms with van der Waals surface area (Å²) in [7, 11) is -3.38. The quantitative estimate of drug-likeness (QED) is 0.624. The minimum absolute atomic E-state index is 0.00763. The Morgan fingerprint density at radius 1 is 1.29 bits per heavy atom. The van der Waals surface area contributed by atoms with E-state index in [0.717, 1.165) is 19.3 Å².